The van der Waals surface area contributed by atoms with Crippen LogP contribution in [0.15, 0.2) is 18.2 Å². The fourth-order valence-corrected chi connectivity index (χ4v) is 3.60. The Labute approximate surface area is 145 Å². The predicted octanol–water partition coefficient (Wildman–Crippen LogP) is 3.33. The summed E-state index contributed by atoms with van der Waals surface area (Å²) in [6.07, 6.45) is 4.87. The highest BCUT2D eigenvalue weighted by atomic mass is 127. The van der Waals surface area contributed by atoms with E-state index in [4.69, 9.17) is 9.47 Å². The zero-order valence-electron chi connectivity index (χ0n) is 12.9. The van der Waals surface area contributed by atoms with E-state index in [9.17, 15) is 4.79 Å². The second kappa shape index (κ2) is 7.17. The van der Waals surface area contributed by atoms with Gasteiger partial charge in [0.1, 0.15) is 5.75 Å². The standard InChI is InChI=1S/C17H22INO3/c1-21-16-7-6-13(9-15(16)18)17(20)19(10-12-4-5-12)11-14-3-2-8-22-14/h6-7,9,12,14H,2-5,8,10-11H2,1H3. The molecule has 1 saturated heterocycles. The number of halogens is 1. The average molecular weight is 415 g/mol. The van der Waals surface area contributed by atoms with Crippen LogP contribution in [0.5, 0.6) is 5.75 Å². The van der Waals surface area contributed by atoms with Gasteiger partial charge in [-0.25, -0.2) is 0 Å². The van der Waals surface area contributed by atoms with Crippen molar-refractivity contribution in [3.05, 3.63) is 27.3 Å². The molecule has 1 aromatic carbocycles. The Morgan fingerprint density at radius 1 is 1.36 bits per heavy atom. The van der Waals surface area contributed by atoms with Crippen LogP contribution < -0.4 is 4.74 Å². The minimum Gasteiger partial charge on any atom is -0.496 e. The summed E-state index contributed by atoms with van der Waals surface area (Å²) in [6.45, 7) is 2.41. The van der Waals surface area contributed by atoms with Gasteiger partial charge in [0.25, 0.3) is 5.91 Å². The van der Waals surface area contributed by atoms with Gasteiger partial charge < -0.3 is 14.4 Å². The summed E-state index contributed by atoms with van der Waals surface area (Å²) in [4.78, 5) is 14.9. The molecule has 1 heterocycles. The van der Waals surface area contributed by atoms with Gasteiger partial charge in [0.05, 0.1) is 16.8 Å². The molecule has 2 aliphatic rings. The predicted molar refractivity (Wildman–Crippen MR) is 93.3 cm³/mol. The van der Waals surface area contributed by atoms with Crippen molar-refractivity contribution >= 4 is 28.5 Å². The number of benzene rings is 1. The normalized spacial score (nSPS) is 20.9. The van der Waals surface area contributed by atoms with Crippen LogP contribution in [0.3, 0.4) is 0 Å². The third-order valence-corrected chi connectivity index (χ3v) is 5.15. The molecule has 1 aliphatic carbocycles. The Balaban J connectivity index is 1.73. The number of ether oxygens (including phenoxy) is 2. The highest BCUT2D eigenvalue weighted by Gasteiger charge is 2.30. The Hall–Kier alpha value is -0.820. The third-order valence-electron chi connectivity index (χ3n) is 4.31. The number of carbonyl (C=O) groups excluding carboxylic acids is 1. The van der Waals surface area contributed by atoms with Crippen LogP contribution >= 0.6 is 22.6 Å². The molecule has 120 valence electrons. The fraction of sp³-hybridized carbons (Fsp3) is 0.588. The summed E-state index contributed by atoms with van der Waals surface area (Å²) in [6, 6.07) is 5.65. The van der Waals surface area contributed by atoms with Crippen molar-refractivity contribution in [2.75, 3.05) is 26.8 Å². The summed E-state index contributed by atoms with van der Waals surface area (Å²) in [5.41, 5.74) is 0.740. The third kappa shape index (κ3) is 3.93. The van der Waals surface area contributed by atoms with E-state index >= 15 is 0 Å². The number of nitrogens with zero attached hydrogens (tertiary/aromatic N) is 1. The SMILES string of the molecule is COc1ccc(C(=O)N(CC2CC2)CC2CCCO2)cc1I. The Kier molecular flexibility index (Phi) is 5.23. The molecule has 0 radical (unpaired) electrons. The van der Waals surface area contributed by atoms with E-state index < -0.39 is 0 Å². The van der Waals surface area contributed by atoms with Crippen molar-refractivity contribution in [1.82, 2.24) is 4.90 Å². The number of hydrogen-bond acceptors (Lipinski definition) is 3. The van der Waals surface area contributed by atoms with Crippen LogP contribution in [-0.2, 0) is 4.74 Å². The summed E-state index contributed by atoms with van der Waals surface area (Å²) < 4.78 is 12.0. The zero-order valence-corrected chi connectivity index (χ0v) is 15.0. The molecule has 0 aromatic heterocycles. The maximum atomic E-state index is 12.9. The van der Waals surface area contributed by atoms with E-state index in [1.54, 1.807) is 7.11 Å². The molecule has 1 unspecified atom stereocenters. The largest absolute Gasteiger partial charge is 0.496 e. The van der Waals surface area contributed by atoms with E-state index in [1.807, 2.05) is 23.1 Å². The highest BCUT2D eigenvalue weighted by molar-refractivity contribution is 14.1. The lowest BCUT2D eigenvalue weighted by Crippen LogP contribution is -2.38. The lowest BCUT2D eigenvalue weighted by molar-refractivity contribution is 0.0515. The zero-order chi connectivity index (χ0) is 15.5. The van der Waals surface area contributed by atoms with Gasteiger partial charge in [-0.1, -0.05) is 0 Å². The molecular weight excluding hydrogens is 393 g/mol. The van der Waals surface area contributed by atoms with Crippen LogP contribution in [0.2, 0.25) is 0 Å². The molecule has 1 saturated carbocycles. The number of carbonyl (C=O) groups is 1. The van der Waals surface area contributed by atoms with E-state index in [1.165, 1.54) is 12.8 Å². The topological polar surface area (TPSA) is 38.8 Å². The van der Waals surface area contributed by atoms with Gasteiger partial charge >= 0.3 is 0 Å². The lowest BCUT2D eigenvalue weighted by Gasteiger charge is -2.25. The van der Waals surface area contributed by atoms with Gasteiger partial charge in [0.2, 0.25) is 0 Å². The highest BCUT2D eigenvalue weighted by Crippen LogP contribution is 2.31. The minimum atomic E-state index is 0.114. The van der Waals surface area contributed by atoms with Crippen molar-refractivity contribution in [2.45, 2.75) is 31.8 Å². The Morgan fingerprint density at radius 2 is 2.18 bits per heavy atom. The molecule has 1 atom stereocenters. The van der Waals surface area contributed by atoms with Crippen LogP contribution in [0.25, 0.3) is 0 Å². The van der Waals surface area contributed by atoms with E-state index in [-0.39, 0.29) is 12.0 Å². The molecule has 4 nitrogen and oxygen atoms in total. The van der Waals surface area contributed by atoms with Crippen LogP contribution in [0.4, 0.5) is 0 Å². The van der Waals surface area contributed by atoms with Crippen molar-refractivity contribution in [2.24, 2.45) is 5.92 Å². The van der Waals surface area contributed by atoms with E-state index in [0.29, 0.717) is 5.92 Å². The molecule has 5 heteroatoms. The maximum absolute atomic E-state index is 12.9. The summed E-state index contributed by atoms with van der Waals surface area (Å²) >= 11 is 2.21. The smallest absolute Gasteiger partial charge is 0.253 e. The van der Waals surface area contributed by atoms with Gasteiger partial charge in [-0.3, -0.25) is 4.79 Å². The summed E-state index contributed by atoms with van der Waals surface area (Å²) in [7, 11) is 1.65. The van der Waals surface area contributed by atoms with Crippen molar-refractivity contribution in [1.29, 1.82) is 0 Å². The second-order valence-corrected chi connectivity index (χ2v) is 7.30. The number of amides is 1. The van der Waals surface area contributed by atoms with Crippen LogP contribution in [0.1, 0.15) is 36.0 Å². The molecule has 3 rings (SSSR count). The molecule has 0 N–H and O–H groups in total. The van der Waals surface area contributed by atoms with Crippen LogP contribution in [-0.4, -0.2) is 43.7 Å². The van der Waals surface area contributed by atoms with E-state index in [0.717, 1.165) is 47.4 Å². The van der Waals surface area contributed by atoms with Gasteiger partial charge in [0.15, 0.2) is 0 Å². The first-order valence-corrected chi connectivity index (χ1v) is 8.99. The van der Waals surface area contributed by atoms with Gasteiger partial charge in [-0.05, 0) is 72.4 Å². The molecule has 1 aliphatic heterocycles. The van der Waals surface area contributed by atoms with Crippen molar-refractivity contribution in [3.63, 3.8) is 0 Å². The van der Waals surface area contributed by atoms with Crippen molar-refractivity contribution < 1.29 is 14.3 Å². The monoisotopic (exact) mass is 415 g/mol. The summed E-state index contributed by atoms with van der Waals surface area (Å²) in [5, 5.41) is 0. The molecule has 0 spiro atoms. The Bertz CT molecular complexity index is 539. The molecule has 1 amide bonds. The van der Waals surface area contributed by atoms with Gasteiger partial charge in [0, 0.05) is 25.3 Å². The minimum absolute atomic E-state index is 0.114. The number of methoxy groups -OCH3 is 1. The van der Waals surface area contributed by atoms with Crippen molar-refractivity contribution in [3.8, 4) is 5.75 Å². The first-order valence-electron chi connectivity index (χ1n) is 7.92. The first-order chi connectivity index (χ1) is 10.7. The molecule has 2 fully saturated rings. The maximum Gasteiger partial charge on any atom is 0.253 e. The molecule has 1 aromatic rings. The quantitative estimate of drug-likeness (QED) is 0.670. The lowest BCUT2D eigenvalue weighted by atomic mass is 10.1. The summed E-state index contributed by atoms with van der Waals surface area (Å²) in [5.74, 6) is 1.61. The van der Waals surface area contributed by atoms with Gasteiger partial charge in [-0.2, -0.15) is 0 Å². The number of hydrogen-bond donors (Lipinski definition) is 0. The van der Waals surface area contributed by atoms with Gasteiger partial charge in [-0.15, -0.1) is 0 Å². The second-order valence-electron chi connectivity index (χ2n) is 6.14. The van der Waals surface area contributed by atoms with E-state index in [2.05, 4.69) is 22.6 Å². The molecule has 22 heavy (non-hydrogen) atoms. The fourth-order valence-electron chi connectivity index (χ4n) is 2.87. The first kappa shape index (κ1) is 16.1. The molecule has 0 bridgehead atoms. The van der Waals surface area contributed by atoms with Crippen LogP contribution in [0, 0.1) is 9.49 Å². The average Bonchev–Trinajstić information content (AvgIpc) is 3.19. The number of rotatable bonds is 6. The molecular formula is C17H22INO3. The Morgan fingerprint density at radius 3 is 2.77 bits per heavy atom.